The second kappa shape index (κ2) is 10.6. The average molecular weight is 414 g/mol. The van der Waals surface area contributed by atoms with Gasteiger partial charge in [0.2, 0.25) is 0 Å². The minimum absolute atomic E-state index is 0.0423. The van der Waals surface area contributed by atoms with Crippen LogP contribution in [-0.2, 0) is 4.79 Å². The molecule has 136 valence electrons. The maximum atomic E-state index is 12.0. The van der Waals surface area contributed by atoms with E-state index < -0.39 is 0 Å². The van der Waals surface area contributed by atoms with Crippen LogP contribution in [0.1, 0.15) is 17.5 Å². The first-order valence-electron chi connectivity index (χ1n) is 8.55. The molecule has 0 spiro atoms. The van der Waals surface area contributed by atoms with E-state index in [4.69, 9.17) is 4.74 Å². The molecule has 0 aliphatic carbocycles. The lowest BCUT2D eigenvalue weighted by molar-refractivity contribution is -0.110. The maximum absolute atomic E-state index is 12.0. The van der Waals surface area contributed by atoms with E-state index in [1.807, 2.05) is 79.7 Å². The molecule has 0 fully saturated rings. The number of alkyl halides is 1. The van der Waals surface area contributed by atoms with Gasteiger partial charge in [-0.05, 0) is 54.0 Å². The molecule has 0 amide bonds. The van der Waals surface area contributed by atoms with E-state index in [1.165, 1.54) is 0 Å². The molecule has 0 radical (unpaired) electrons. The van der Waals surface area contributed by atoms with Crippen molar-refractivity contribution in [2.45, 2.75) is 6.42 Å². The van der Waals surface area contributed by atoms with Crippen molar-refractivity contribution < 1.29 is 9.53 Å². The fourth-order valence-corrected chi connectivity index (χ4v) is 2.44. The first kappa shape index (κ1) is 20.0. The normalized spacial score (nSPS) is 11.2. The molecule has 4 heteroatoms. The summed E-state index contributed by atoms with van der Waals surface area (Å²) >= 11 is 3.38. The van der Waals surface area contributed by atoms with Crippen molar-refractivity contribution in [3.8, 4) is 5.75 Å². The van der Waals surface area contributed by atoms with Gasteiger partial charge >= 0.3 is 0 Å². The molecule has 0 heterocycles. The quantitative estimate of drug-likeness (QED) is 0.321. The highest BCUT2D eigenvalue weighted by atomic mass is 79.9. The summed E-state index contributed by atoms with van der Waals surface area (Å²) in [5, 5.41) is 0.934. The van der Waals surface area contributed by atoms with Gasteiger partial charge in [-0.1, -0.05) is 52.3 Å². The Kier molecular flexibility index (Phi) is 8.16. The van der Waals surface area contributed by atoms with Gasteiger partial charge in [0, 0.05) is 25.1 Å². The molecule has 26 heavy (non-hydrogen) atoms. The van der Waals surface area contributed by atoms with Gasteiger partial charge in [-0.3, -0.25) is 4.79 Å². The second-order valence-electron chi connectivity index (χ2n) is 6.02. The van der Waals surface area contributed by atoms with Gasteiger partial charge in [0.15, 0.2) is 5.78 Å². The fourth-order valence-electron chi connectivity index (χ4n) is 2.22. The number of benzene rings is 2. The maximum Gasteiger partial charge on any atom is 0.178 e. The highest BCUT2D eigenvalue weighted by Crippen LogP contribution is 2.15. The van der Waals surface area contributed by atoms with Crippen molar-refractivity contribution in [3.63, 3.8) is 0 Å². The highest BCUT2D eigenvalue weighted by molar-refractivity contribution is 9.09. The molecule has 3 nitrogen and oxygen atoms in total. The molecule has 0 aliphatic rings. The van der Waals surface area contributed by atoms with E-state index in [0.29, 0.717) is 6.61 Å². The highest BCUT2D eigenvalue weighted by Gasteiger charge is 1.96. The lowest BCUT2D eigenvalue weighted by atomic mass is 10.1. The number of ether oxygens (including phenoxy) is 1. The molecule has 2 aromatic carbocycles. The number of allylic oxidation sites excluding steroid dienone is 2. The van der Waals surface area contributed by atoms with E-state index in [1.54, 1.807) is 12.2 Å². The molecule has 0 aliphatic heterocycles. The zero-order valence-electron chi connectivity index (χ0n) is 15.2. The average Bonchev–Trinajstić information content (AvgIpc) is 2.66. The summed E-state index contributed by atoms with van der Waals surface area (Å²) in [4.78, 5) is 14.0. The van der Waals surface area contributed by atoms with Crippen molar-refractivity contribution in [1.82, 2.24) is 0 Å². The molecular formula is C22H24BrNO2. The first-order valence-corrected chi connectivity index (χ1v) is 9.67. The predicted molar refractivity (Wildman–Crippen MR) is 114 cm³/mol. The molecule has 0 atom stereocenters. The van der Waals surface area contributed by atoms with Crippen molar-refractivity contribution in [3.05, 3.63) is 71.8 Å². The molecule has 0 saturated heterocycles. The van der Waals surface area contributed by atoms with Gasteiger partial charge in [-0.15, -0.1) is 0 Å². The van der Waals surface area contributed by atoms with Gasteiger partial charge in [0.05, 0.1) is 6.61 Å². The molecule has 0 N–H and O–H groups in total. The molecular weight excluding hydrogens is 390 g/mol. The third-order valence-corrected chi connectivity index (χ3v) is 4.28. The largest absolute Gasteiger partial charge is 0.494 e. The van der Waals surface area contributed by atoms with Crippen LogP contribution in [0.3, 0.4) is 0 Å². The summed E-state index contributed by atoms with van der Waals surface area (Å²) < 4.78 is 5.60. The Hall–Kier alpha value is -2.33. The monoisotopic (exact) mass is 413 g/mol. The van der Waals surface area contributed by atoms with Crippen LogP contribution in [0.4, 0.5) is 5.69 Å². The number of halogens is 1. The summed E-state index contributed by atoms with van der Waals surface area (Å²) in [6.45, 7) is 0.694. The summed E-state index contributed by atoms with van der Waals surface area (Å²) in [5.74, 6) is 0.801. The van der Waals surface area contributed by atoms with E-state index >= 15 is 0 Å². The number of rotatable bonds is 9. The minimum atomic E-state index is -0.0423. The van der Waals surface area contributed by atoms with Crippen LogP contribution >= 0.6 is 15.9 Å². The number of anilines is 1. The van der Waals surface area contributed by atoms with Gasteiger partial charge in [0.1, 0.15) is 5.75 Å². The summed E-state index contributed by atoms with van der Waals surface area (Å²) in [5.41, 5.74) is 3.10. The topological polar surface area (TPSA) is 29.5 Å². The third kappa shape index (κ3) is 6.89. The standard InChI is InChI=1S/C22H24BrNO2/c1-24(2)20-10-4-18(5-11-20)6-12-21(25)13-7-19-8-14-22(15-9-19)26-17-3-16-23/h4-15H,3,16-17H2,1-2H3/b12-6+,13-7+. The zero-order chi connectivity index (χ0) is 18.8. The minimum Gasteiger partial charge on any atom is -0.494 e. The second-order valence-corrected chi connectivity index (χ2v) is 6.81. The van der Waals surface area contributed by atoms with Crippen LogP contribution < -0.4 is 9.64 Å². The Morgan fingerprint density at radius 3 is 2.00 bits per heavy atom. The van der Waals surface area contributed by atoms with Crippen LogP contribution in [0.15, 0.2) is 60.7 Å². The fraction of sp³-hybridized carbons (Fsp3) is 0.227. The number of ketones is 1. The van der Waals surface area contributed by atoms with Crippen LogP contribution in [-0.4, -0.2) is 31.8 Å². The SMILES string of the molecule is CN(C)c1ccc(/C=C/C(=O)/C=C/c2ccc(OCCCBr)cc2)cc1. The van der Waals surface area contributed by atoms with E-state index in [0.717, 1.165) is 34.3 Å². The Morgan fingerprint density at radius 1 is 0.962 bits per heavy atom. The van der Waals surface area contributed by atoms with Crippen molar-refractivity contribution in [1.29, 1.82) is 0 Å². The number of hydrogen-bond acceptors (Lipinski definition) is 3. The van der Waals surface area contributed by atoms with Gasteiger partial charge in [-0.25, -0.2) is 0 Å². The summed E-state index contributed by atoms with van der Waals surface area (Å²) in [6.07, 6.45) is 7.77. The van der Waals surface area contributed by atoms with Gasteiger partial charge in [-0.2, -0.15) is 0 Å². The number of carbonyl (C=O) groups excluding carboxylic acids is 1. The Balaban J connectivity index is 1.88. The van der Waals surface area contributed by atoms with Crippen LogP contribution in [0, 0.1) is 0 Å². The smallest absolute Gasteiger partial charge is 0.178 e. The van der Waals surface area contributed by atoms with Crippen molar-refractivity contribution in [2.24, 2.45) is 0 Å². The number of carbonyl (C=O) groups is 1. The van der Waals surface area contributed by atoms with Crippen LogP contribution in [0.5, 0.6) is 5.75 Å². The lowest BCUT2D eigenvalue weighted by Crippen LogP contribution is -2.07. The van der Waals surface area contributed by atoms with Gasteiger partial charge < -0.3 is 9.64 Å². The Labute approximate surface area is 164 Å². The van der Waals surface area contributed by atoms with Gasteiger partial charge in [0.25, 0.3) is 0 Å². The van der Waals surface area contributed by atoms with Crippen LogP contribution in [0.2, 0.25) is 0 Å². The summed E-state index contributed by atoms with van der Waals surface area (Å²) in [7, 11) is 4.00. The molecule has 2 aromatic rings. The molecule has 0 saturated carbocycles. The Morgan fingerprint density at radius 2 is 1.50 bits per heavy atom. The Bertz CT molecular complexity index is 747. The third-order valence-electron chi connectivity index (χ3n) is 3.72. The van der Waals surface area contributed by atoms with E-state index in [9.17, 15) is 4.79 Å². The molecule has 0 bridgehead atoms. The molecule has 0 unspecified atom stereocenters. The summed E-state index contributed by atoms with van der Waals surface area (Å²) in [6, 6.07) is 15.8. The predicted octanol–water partition coefficient (Wildman–Crippen LogP) is 5.21. The van der Waals surface area contributed by atoms with E-state index in [-0.39, 0.29) is 5.78 Å². The van der Waals surface area contributed by atoms with Crippen molar-refractivity contribution in [2.75, 3.05) is 30.9 Å². The molecule has 2 rings (SSSR count). The van der Waals surface area contributed by atoms with Crippen LogP contribution in [0.25, 0.3) is 12.2 Å². The number of nitrogens with zero attached hydrogens (tertiary/aromatic N) is 1. The first-order chi connectivity index (χ1) is 12.6. The number of hydrogen-bond donors (Lipinski definition) is 0. The van der Waals surface area contributed by atoms with E-state index in [2.05, 4.69) is 15.9 Å². The zero-order valence-corrected chi connectivity index (χ0v) is 16.8. The lowest BCUT2D eigenvalue weighted by Gasteiger charge is -2.11. The molecule has 0 aromatic heterocycles. The van der Waals surface area contributed by atoms with Crippen molar-refractivity contribution >= 4 is 39.6 Å².